The molecule has 0 aliphatic carbocycles. The number of hydrogen-bond acceptors (Lipinski definition) is 4. The molecule has 5 aromatic rings. The maximum atomic E-state index is 6.37. The normalized spacial score (nSPS) is 12.7. The Morgan fingerprint density at radius 2 is 1.03 bits per heavy atom. The summed E-state index contributed by atoms with van der Waals surface area (Å²) in [6, 6.07) is 31.0. The van der Waals surface area contributed by atoms with Crippen molar-refractivity contribution in [2.45, 2.75) is 13.8 Å². The van der Waals surface area contributed by atoms with Crippen molar-refractivity contribution in [2.75, 3.05) is 0 Å². The van der Waals surface area contributed by atoms with Gasteiger partial charge in [-0.25, -0.2) is 0 Å². The van der Waals surface area contributed by atoms with Crippen LogP contribution in [0.3, 0.4) is 0 Å². The third-order valence-corrected chi connectivity index (χ3v) is 6.76. The van der Waals surface area contributed by atoms with E-state index in [1.165, 1.54) is 0 Å². The monoisotopic (exact) mass is 452 g/mol. The topological polar surface area (TPSA) is 44.2 Å². The number of aryl methyl sites for hydroxylation is 2. The van der Waals surface area contributed by atoms with E-state index in [1.807, 2.05) is 56.3 Å². The quantitative estimate of drug-likeness (QED) is 0.340. The van der Waals surface area contributed by atoms with Crippen molar-refractivity contribution in [1.82, 2.24) is 9.97 Å². The van der Waals surface area contributed by atoms with Crippen LogP contribution in [0, 0.1) is 13.8 Å². The van der Waals surface area contributed by atoms with Crippen LogP contribution in [0.1, 0.15) is 11.4 Å². The molecule has 0 bridgehead atoms. The lowest BCUT2D eigenvalue weighted by Crippen LogP contribution is -2.57. The minimum absolute atomic E-state index is 0.0109. The molecule has 3 aromatic carbocycles. The van der Waals surface area contributed by atoms with Gasteiger partial charge < -0.3 is 9.47 Å². The molecule has 4 heterocycles. The van der Waals surface area contributed by atoms with Gasteiger partial charge in [0.15, 0.2) is 0 Å². The Morgan fingerprint density at radius 3 is 1.51 bits per heavy atom. The van der Waals surface area contributed by atoms with E-state index < -0.39 is 0 Å². The Balaban J connectivity index is 1.45. The summed E-state index contributed by atoms with van der Waals surface area (Å²) < 4.78 is 12.7. The number of hydrogen-bond donors (Lipinski definition) is 0. The van der Waals surface area contributed by atoms with Crippen LogP contribution in [0.5, 0.6) is 23.0 Å². The van der Waals surface area contributed by atoms with Crippen molar-refractivity contribution in [3.8, 4) is 45.5 Å². The summed E-state index contributed by atoms with van der Waals surface area (Å²) in [5.41, 5.74) is 9.34. The van der Waals surface area contributed by atoms with Crippen molar-refractivity contribution in [1.29, 1.82) is 0 Å². The molecule has 2 aliphatic heterocycles. The average Bonchev–Trinajstić information content (AvgIpc) is 2.88. The number of aromatic nitrogens is 2. The number of rotatable bonds is 2. The van der Waals surface area contributed by atoms with Crippen molar-refractivity contribution in [2.24, 2.45) is 0 Å². The predicted molar refractivity (Wildman–Crippen MR) is 140 cm³/mol. The van der Waals surface area contributed by atoms with Crippen LogP contribution < -0.4 is 25.9 Å². The molecular formula is C30H21BN2O2. The molecule has 2 aromatic heterocycles. The van der Waals surface area contributed by atoms with E-state index in [-0.39, 0.29) is 6.71 Å². The van der Waals surface area contributed by atoms with E-state index in [2.05, 4.69) is 48.5 Å². The van der Waals surface area contributed by atoms with Crippen LogP contribution in [-0.4, -0.2) is 16.7 Å². The standard InChI is InChI=1S/C30H21BN2O2/c1-18-6-3-8-24(32-18)20-12-14-26-22(16-20)31-23-17-21(25-9-4-7-19(2)33-25)13-15-27(23)35-29-11-5-10-28(34-26)30(29)31/h3-17H,1-2H3. The zero-order valence-corrected chi connectivity index (χ0v) is 19.4. The van der Waals surface area contributed by atoms with Gasteiger partial charge in [-0.1, -0.05) is 30.3 Å². The van der Waals surface area contributed by atoms with Gasteiger partial charge in [0.25, 0.3) is 6.71 Å². The van der Waals surface area contributed by atoms with Crippen LogP contribution in [0.4, 0.5) is 0 Å². The van der Waals surface area contributed by atoms with Crippen LogP contribution in [0.2, 0.25) is 0 Å². The smallest absolute Gasteiger partial charge is 0.260 e. The molecule has 0 spiro atoms. The van der Waals surface area contributed by atoms with Crippen molar-refractivity contribution < 1.29 is 9.47 Å². The summed E-state index contributed by atoms with van der Waals surface area (Å²) >= 11 is 0. The molecule has 2 aliphatic rings. The fourth-order valence-corrected chi connectivity index (χ4v) is 5.16. The molecule has 0 atom stereocenters. The predicted octanol–water partition coefficient (Wildman–Crippen LogP) is 5.16. The van der Waals surface area contributed by atoms with E-state index >= 15 is 0 Å². The molecule has 0 saturated carbocycles. The highest BCUT2D eigenvalue weighted by atomic mass is 16.5. The van der Waals surface area contributed by atoms with Gasteiger partial charge in [0.1, 0.15) is 23.0 Å². The second-order valence-corrected chi connectivity index (χ2v) is 9.14. The van der Waals surface area contributed by atoms with E-state index in [0.717, 1.165) is 73.3 Å². The first kappa shape index (κ1) is 20.0. The van der Waals surface area contributed by atoms with E-state index in [0.29, 0.717) is 0 Å². The summed E-state index contributed by atoms with van der Waals surface area (Å²) in [6.07, 6.45) is 0. The van der Waals surface area contributed by atoms with E-state index in [9.17, 15) is 0 Å². The van der Waals surface area contributed by atoms with Crippen LogP contribution in [-0.2, 0) is 0 Å². The molecule has 4 nitrogen and oxygen atoms in total. The van der Waals surface area contributed by atoms with Crippen LogP contribution >= 0.6 is 0 Å². The maximum Gasteiger partial charge on any atom is 0.260 e. The number of ether oxygens (including phenoxy) is 2. The third kappa shape index (κ3) is 3.23. The highest BCUT2D eigenvalue weighted by Crippen LogP contribution is 2.36. The molecule has 0 unspecified atom stereocenters. The van der Waals surface area contributed by atoms with E-state index in [4.69, 9.17) is 19.4 Å². The van der Waals surface area contributed by atoms with Crippen LogP contribution in [0.25, 0.3) is 22.5 Å². The van der Waals surface area contributed by atoms with Gasteiger partial charge in [0, 0.05) is 16.9 Å². The summed E-state index contributed by atoms with van der Waals surface area (Å²) in [6.45, 7) is 4.02. The first-order chi connectivity index (χ1) is 17.1. The molecule has 166 valence electrons. The average molecular weight is 452 g/mol. The number of fused-ring (bicyclic) bond motifs is 4. The molecule has 0 saturated heterocycles. The fraction of sp³-hybridized carbons (Fsp3) is 0.0667. The Bertz CT molecular complexity index is 1530. The first-order valence-electron chi connectivity index (χ1n) is 11.8. The molecule has 35 heavy (non-hydrogen) atoms. The van der Waals surface area contributed by atoms with Crippen molar-refractivity contribution in [3.63, 3.8) is 0 Å². The Morgan fingerprint density at radius 1 is 0.543 bits per heavy atom. The van der Waals surface area contributed by atoms with Gasteiger partial charge in [0.2, 0.25) is 0 Å². The molecular weight excluding hydrogens is 431 g/mol. The SMILES string of the molecule is Cc1cccc(-c2ccc3c(c2)B2c4cc(-c5cccc(C)n5)ccc4Oc4cccc(c42)O3)n1. The van der Waals surface area contributed by atoms with Gasteiger partial charge in [-0.3, -0.25) is 9.97 Å². The molecule has 0 fully saturated rings. The lowest BCUT2D eigenvalue weighted by Gasteiger charge is -2.33. The summed E-state index contributed by atoms with van der Waals surface area (Å²) in [7, 11) is 0. The zero-order valence-electron chi connectivity index (χ0n) is 19.4. The minimum atomic E-state index is -0.0109. The lowest BCUT2D eigenvalue weighted by atomic mass is 9.34. The molecule has 7 rings (SSSR count). The Labute approximate surface area is 204 Å². The number of pyridine rings is 2. The van der Waals surface area contributed by atoms with Gasteiger partial charge >= 0.3 is 0 Å². The number of nitrogens with zero attached hydrogens (tertiary/aromatic N) is 2. The van der Waals surface area contributed by atoms with Gasteiger partial charge in [-0.05, 0) is 96.6 Å². The summed E-state index contributed by atoms with van der Waals surface area (Å²) in [5, 5.41) is 0. The molecule has 5 heteroatoms. The second kappa shape index (κ2) is 7.57. The Kier molecular flexibility index (Phi) is 4.33. The lowest BCUT2D eigenvalue weighted by molar-refractivity contribution is 0.464. The largest absolute Gasteiger partial charge is 0.458 e. The molecule has 0 radical (unpaired) electrons. The highest BCUT2D eigenvalue weighted by Gasteiger charge is 2.40. The molecule has 0 amide bonds. The Hall–Kier alpha value is -4.38. The minimum Gasteiger partial charge on any atom is -0.458 e. The van der Waals surface area contributed by atoms with Gasteiger partial charge in [0.05, 0.1) is 11.4 Å². The fourth-order valence-electron chi connectivity index (χ4n) is 5.16. The highest BCUT2D eigenvalue weighted by molar-refractivity contribution is 6.98. The van der Waals surface area contributed by atoms with Crippen LogP contribution in [0.15, 0.2) is 91.0 Å². The summed E-state index contributed by atoms with van der Waals surface area (Å²) in [4.78, 5) is 9.50. The zero-order chi connectivity index (χ0) is 23.5. The van der Waals surface area contributed by atoms with E-state index in [1.54, 1.807) is 0 Å². The van der Waals surface area contributed by atoms with Gasteiger partial charge in [-0.15, -0.1) is 0 Å². The maximum absolute atomic E-state index is 6.37. The number of benzene rings is 3. The summed E-state index contributed by atoms with van der Waals surface area (Å²) in [5.74, 6) is 3.41. The third-order valence-electron chi connectivity index (χ3n) is 6.76. The van der Waals surface area contributed by atoms with Crippen molar-refractivity contribution in [3.05, 3.63) is 102 Å². The van der Waals surface area contributed by atoms with Gasteiger partial charge in [-0.2, -0.15) is 0 Å². The second-order valence-electron chi connectivity index (χ2n) is 9.14. The first-order valence-corrected chi connectivity index (χ1v) is 11.8. The van der Waals surface area contributed by atoms with Crippen molar-refractivity contribution >= 4 is 23.1 Å². The molecule has 0 N–H and O–H groups in total.